The number of hydrogen-bond acceptors (Lipinski definition) is 3. The summed E-state index contributed by atoms with van der Waals surface area (Å²) in [5, 5.41) is 9.43. The molecule has 102 valence electrons. The van der Waals surface area contributed by atoms with Crippen LogP contribution in [0.3, 0.4) is 0 Å². The highest BCUT2D eigenvalue weighted by Gasteiger charge is 2.11. The number of nitrogens with zero attached hydrogens (tertiary/aromatic N) is 3. The lowest BCUT2D eigenvalue weighted by Crippen LogP contribution is -2.02. The van der Waals surface area contributed by atoms with Crippen molar-refractivity contribution < 1.29 is 0 Å². The van der Waals surface area contributed by atoms with Gasteiger partial charge in [-0.25, -0.2) is 0 Å². The van der Waals surface area contributed by atoms with Gasteiger partial charge in [0.25, 0.3) is 0 Å². The summed E-state index contributed by atoms with van der Waals surface area (Å²) in [5.41, 5.74) is 11.0. The maximum atomic E-state index is 6.01. The highest BCUT2D eigenvalue weighted by atomic mass is 79.9. The number of aromatic nitrogens is 3. The normalized spacial score (nSPS) is 11.2. The summed E-state index contributed by atoms with van der Waals surface area (Å²) < 4.78 is 1.07. The molecule has 0 amide bonds. The van der Waals surface area contributed by atoms with Gasteiger partial charge < -0.3 is 5.73 Å². The van der Waals surface area contributed by atoms with Crippen LogP contribution in [0.25, 0.3) is 16.7 Å². The van der Waals surface area contributed by atoms with Gasteiger partial charge >= 0.3 is 0 Å². The number of hydrogen-bond donors (Lipinski definition) is 1. The zero-order chi connectivity index (χ0) is 14.4. The summed E-state index contributed by atoms with van der Waals surface area (Å²) in [6, 6.07) is 7.45. The number of benzene rings is 2. The Labute approximate surface area is 129 Å². The Morgan fingerprint density at radius 2 is 1.75 bits per heavy atom. The average molecular weight is 352 g/mol. The largest absolute Gasteiger partial charge is 0.397 e. The SMILES string of the molecule is Cc1c(Br)ccc(-n2nc3cc(N)c(Cl)cc3n2)c1C. The van der Waals surface area contributed by atoms with Crippen LogP contribution in [0.1, 0.15) is 11.1 Å². The third-order valence-corrected chi connectivity index (χ3v) is 4.59. The Morgan fingerprint density at radius 3 is 2.45 bits per heavy atom. The Bertz CT molecular complexity index is 787. The standard InChI is InChI=1S/C14H12BrClN4/c1-7-8(2)14(4-3-9(7)15)20-18-12-5-10(16)11(17)6-13(12)19-20/h3-6H,17H2,1-2H3. The van der Waals surface area contributed by atoms with E-state index >= 15 is 0 Å². The van der Waals surface area contributed by atoms with Crippen LogP contribution in [0.2, 0.25) is 5.02 Å². The Morgan fingerprint density at radius 1 is 1.10 bits per heavy atom. The van der Waals surface area contributed by atoms with Crippen LogP contribution in [0.5, 0.6) is 0 Å². The molecule has 0 saturated heterocycles. The molecule has 1 heterocycles. The van der Waals surface area contributed by atoms with Crippen molar-refractivity contribution in [2.75, 3.05) is 5.73 Å². The van der Waals surface area contributed by atoms with Crippen molar-refractivity contribution >= 4 is 44.3 Å². The molecule has 1 aromatic heterocycles. The van der Waals surface area contributed by atoms with Crippen molar-refractivity contribution in [3.8, 4) is 5.69 Å². The smallest absolute Gasteiger partial charge is 0.115 e. The van der Waals surface area contributed by atoms with Crippen molar-refractivity contribution in [2.45, 2.75) is 13.8 Å². The summed E-state index contributed by atoms with van der Waals surface area (Å²) in [7, 11) is 0. The van der Waals surface area contributed by atoms with Gasteiger partial charge in [-0.3, -0.25) is 0 Å². The molecule has 0 aliphatic heterocycles. The second-order valence-electron chi connectivity index (χ2n) is 4.67. The molecule has 0 aliphatic carbocycles. The van der Waals surface area contributed by atoms with E-state index < -0.39 is 0 Å². The molecular weight excluding hydrogens is 340 g/mol. The molecule has 0 spiro atoms. The van der Waals surface area contributed by atoms with Gasteiger partial charge in [0.1, 0.15) is 11.0 Å². The molecule has 4 nitrogen and oxygen atoms in total. The van der Waals surface area contributed by atoms with Gasteiger partial charge in [0, 0.05) is 4.47 Å². The topological polar surface area (TPSA) is 56.7 Å². The van der Waals surface area contributed by atoms with E-state index in [1.165, 1.54) is 5.56 Å². The molecule has 0 atom stereocenters. The van der Waals surface area contributed by atoms with Gasteiger partial charge in [0.15, 0.2) is 0 Å². The number of anilines is 1. The van der Waals surface area contributed by atoms with Crippen LogP contribution in [0.4, 0.5) is 5.69 Å². The summed E-state index contributed by atoms with van der Waals surface area (Å²) >= 11 is 9.53. The quantitative estimate of drug-likeness (QED) is 0.673. The van der Waals surface area contributed by atoms with Gasteiger partial charge in [-0.05, 0) is 49.2 Å². The minimum Gasteiger partial charge on any atom is -0.397 e. The molecule has 2 N–H and O–H groups in total. The molecule has 0 unspecified atom stereocenters. The fourth-order valence-electron chi connectivity index (χ4n) is 2.05. The molecule has 0 fully saturated rings. The molecule has 3 aromatic rings. The van der Waals surface area contributed by atoms with Crippen molar-refractivity contribution in [2.24, 2.45) is 0 Å². The summed E-state index contributed by atoms with van der Waals surface area (Å²) in [5.74, 6) is 0. The van der Waals surface area contributed by atoms with Crippen molar-refractivity contribution in [3.63, 3.8) is 0 Å². The lowest BCUT2D eigenvalue weighted by molar-refractivity contribution is 0.759. The first-order valence-corrected chi connectivity index (χ1v) is 7.22. The van der Waals surface area contributed by atoms with Crippen molar-refractivity contribution in [1.29, 1.82) is 0 Å². The summed E-state index contributed by atoms with van der Waals surface area (Å²) in [6.45, 7) is 4.10. The number of nitrogen functional groups attached to an aromatic ring is 1. The predicted molar refractivity (Wildman–Crippen MR) is 85.5 cm³/mol. The first-order valence-electron chi connectivity index (χ1n) is 6.05. The van der Waals surface area contributed by atoms with Gasteiger partial charge in [-0.15, -0.1) is 10.2 Å². The van der Waals surface area contributed by atoms with Crippen molar-refractivity contribution in [1.82, 2.24) is 15.0 Å². The summed E-state index contributed by atoms with van der Waals surface area (Å²) in [4.78, 5) is 1.62. The molecule has 2 aromatic carbocycles. The average Bonchev–Trinajstić information content (AvgIpc) is 2.79. The van der Waals surface area contributed by atoms with Crippen LogP contribution in [-0.4, -0.2) is 15.0 Å². The van der Waals surface area contributed by atoms with Gasteiger partial charge in [-0.1, -0.05) is 27.5 Å². The minimum absolute atomic E-state index is 0.494. The fraction of sp³-hybridized carbons (Fsp3) is 0.143. The molecule has 0 saturated carbocycles. The lowest BCUT2D eigenvalue weighted by atomic mass is 10.1. The van der Waals surface area contributed by atoms with Crippen LogP contribution < -0.4 is 5.73 Å². The molecule has 0 bridgehead atoms. The van der Waals surface area contributed by atoms with E-state index in [0.717, 1.165) is 26.8 Å². The van der Waals surface area contributed by atoms with E-state index in [-0.39, 0.29) is 0 Å². The molecule has 3 rings (SSSR count). The molecule has 6 heteroatoms. The Kier molecular flexibility index (Phi) is 3.18. The van der Waals surface area contributed by atoms with E-state index in [1.807, 2.05) is 19.1 Å². The first-order chi connectivity index (χ1) is 9.47. The third-order valence-electron chi connectivity index (χ3n) is 3.41. The van der Waals surface area contributed by atoms with Crippen LogP contribution in [-0.2, 0) is 0 Å². The number of fused-ring (bicyclic) bond motifs is 1. The maximum absolute atomic E-state index is 6.01. The van der Waals surface area contributed by atoms with Gasteiger partial charge in [0.05, 0.1) is 16.4 Å². The van der Waals surface area contributed by atoms with E-state index in [0.29, 0.717) is 10.7 Å². The molecular formula is C14H12BrClN4. The second kappa shape index (κ2) is 4.75. The lowest BCUT2D eigenvalue weighted by Gasteiger charge is -2.08. The molecule has 20 heavy (non-hydrogen) atoms. The van der Waals surface area contributed by atoms with E-state index in [9.17, 15) is 0 Å². The zero-order valence-electron chi connectivity index (χ0n) is 11.0. The fourth-order valence-corrected chi connectivity index (χ4v) is 2.64. The predicted octanol–water partition coefficient (Wildman–Crippen LogP) is 4.04. The highest BCUT2D eigenvalue weighted by Crippen LogP contribution is 2.27. The van der Waals surface area contributed by atoms with E-state index in [4.69, 9.17) is 17.3 Å². The van der Waals surface area contributed by atoms with Gasteiger partial charge in [0.2, 0.25) is 0 Å². The first kappa shape index (κ1) is 13.4. The molecule has 0 aliphatic rings. The number of nitrogens with two attached hydrogens (primary N) is 1. The third kappa shape index (κ3) is 2.07. The monoisotopic (exact) mass is 350 g/mol. The second-order valence-corrected chi connectivity index (χ2v) is 5.93. The minimum atomic E-state index is 0.494. The highest BCUT2D eigenvalue weighted by molar-refractivity contribution is 9.10. The molecule has 0 radical (unpaired) electrons. The van der Waals surface area contributed by atoms with E-state index in [1.54, 1.807) is 16.9 Å². The van der Waals surface area contributed by atoms with Crippen LogP contribution in [0, 0.1) is 13.8 Å². The number of halogens is 2. The zero-order valence-corrected chi connectivity index (χ0v) is 13.3. The van der Waals surface area contributed by atoms with Crippen LogP contribution >= 0.6 is 27.5 Å². The van der Waals surface area contributed by atoms with Gasteiger partial charge in [-0.2, -0.15) is 4.80 Å². The van der Waals surface area contributed by atoms with E-state index in [2.05, 4.69) is 33.1 Å². The summed E-state index contributed by atoms with van der Waals surface area (Å²) in [6.07, 6.45) is 0. The maximum Gasteiger partial charge on any atom is 0.115 e. The van der Waals surface area contributed by atoms with Crippen molar-refractivity contribution in [3.05, 3.63) is 44.9 Å². The van der Waals surface area contributed by atoms with Crippen LogP contribution in [0.15, 0.2) is 28.7 Å². The Balaban J connectivity index is 2.23. The Hall–Kier alpha value is -1.59. The number of rotatable bonds is 1.